The fourth-order valence-electron chi connectivity index (χ4n) is 0.992. The van der Waals surface area contributed by atoms with Crippen LogP contribution in [0.1, 0.15) is 0 Å². The summed E-state index contributed by atoms with van der Waals surface area (Å²) in [6.45, 7) is -0.0988. The minimum atomic E-state index is -0.500. The highest BCUT2D eigenvalue weighted by Gasteiger charge is 2.00. The number of benzene rings is 1. The van der Waals surface area contributed by atoms with Gasteiger partial charge in [0.15, 0.2) is 6.61 Å². The third kappa shape index (κ3) is 3.26. The fraction of sp³-hybridized carbons (Fsp3) is 0.300. The molecule has 1 aromatic carbocycles. The molecule has 0 bridgehead atoms. The standard InChI is InChI=1S/C10H12ClNO2/c1-12(2)8-4-3-5-9(6-8)14-7-10(11)13/h3-6H,7H2,1-2H3. The van der Waals surface area contributed by atoms with Gasteiger partial charge in [0.25, 0.3) is 5.24 Å². The van der Waals surface area contributed by atoms with E-state index in [-0.39, 0.29) is 6.61 Å². The summed E-state index contributed by atoms with van der Waals surface area (Å²) in [6.07, 6.45) is 0. The van der Waals surface area contributed by atoms with Crippen LogP contribution in [0.3, 0.4) is 0 Å². The number of ether oxygens (including phenoxy) is 1. The SMILES string of the molecule is CN(C)c1cccc(OCC(=O)Cl)c1. The Hall–Kier alpha value is -1.22. The van der Waals surface area contributed by atoms with E-state index in [2.05, 4.69) is 0 Å². The van der Waals surface area contributed by atoms with Gasteiger partial charge in [0, 0.05) is 25.8 Å². The van der Waals surface area contributed by atoms with Gasteiger partial charge in [-0.1, -0.05) is 6.07 Å². The first-order valence-electron chi connectivity index (χ1n) is 4.18. The molecule has 4 heteroatoms. The van der Waals surface area contributed by atoms with E-state index < -0.39 is 5.24 Å². The molecule has 1 aromatic rings. The summed E-state index contributed by atoms with van der Waals surface area (Å²) in [5.41, 5.74) is 1.02. The van der Waals surface area contributed by atoms with Crippen molar-refractivity contribution in [3.8, 4) is 5.75 Å². The zero-order chi connectivity index (χ0) is 10.6. The Morgan fingerprint density at radius 1 is 1.50 bits per heavy atom. The highest BCUT2D eigenvalue weighted by Crippen LogP contribution is 2.19. The minimum absolute atomic E-state index is 0.0988. The van der Waals surface area contributed by atoms with Gasteiger partial charge >= 0.3 is 0 Å². The Bertz CT molecular complexity index is 326. The first-order chi connectivity index (χ1) is 6.59. The van der Waals surface area contributed by atoms with Gasteiger partial charge in [0.2, 0.25) is 0 Å². The third-order valence-corrected chi connectivity index (χ3v) is 1.80. The lowest BCUT2D eigenvalue weighted by molar-refractivity contribution is -0.113. The van der Waals surface area contributed by atoms with Crippen LogP contribution in [0.25, 0.3) is 0 Å². The number of rotatable bonds is 4. The van der Waals surface area contributed by atoms with Gasteiger partial charge in [0.05, 0.1) is 0 Å². The van der Waals surface area contributed by atoms with Crippen LogP contribution in [0.2, 0.25) is 0 Å². The normalized spacial score (nSPS) is 9.64. The molecule has 0 spiro atoms. The average Bonchev–Trinajstić information content (AvgIpc) is 2.15. The average molecular weight is 214 g/mol. The molecule has 0 saturated carbocycles. The lowest BCUT2D eigenvalue weighted by atomic mass is 10.3. The highest BCUT2D eigenvalue weighted by molar-refractivity contribution is 6.63. The molecule has 0 radical (unpaired) electrons. The summed E-state index contributed by atoms with van der Waals surface area (Å²) in [6, 6.07) is 7.45. The van der Waals surface area contributed by atoms with E-state index in [1.54, 1.807) is 6.07 Å². The number of carbonyl (C=O) groups is 1. The van der Waals surface area contributed by atoms with Crippen molar-refractivity contribution in [3.63, 3.8) is 0 Å². The van der Waals surface area contributed by atoms with E-state index >= 15 is 0 Å². The minimum Gasteiger partial charge on any atom is -0.484 e. The maximum Gasteiger partial charge on any atom is 0.259 e. The van der Waals surface area contributed by atoms with Gasteiger partial charge in [-0.3, -0.25) is 4.79 Å². The molecule has 0 aromatic heterocycles. The highest BCUT2D eigenvalue weighted by atomic mass is 35.5. The van der Waals surface area contributed by atoms with E-state index in [0.29, 0.717) is 5.75 Å². The van der Waals surface area contributed by atoms with Crippen LogP contribution >= 0.6 is 11.6 Å². The molecule has 1 rings (SSSR count). The van der Waals surface area contributed by atoms with E-state index in [1.807, 2.05) is 37.2 Å². The molecule has 3 nitrogen and oxygen atoms in total. The fourth-order valence-corrected chi connectivity index (χ4v) is 1.05. The van der Waals surface area contributed by atoms with Crippen molar-refractivity contribution < 1.29 is 9.53 Å². The lowest BCUT2D eigenvalue weighted by Crippen LogP contribution is -2.09. The van der Waals surface area contributed by atoms with Crippen molar-refractivity contribution in [1.29, 1.82) is 0 Å². The lowest BCUT2D eigenvalue weighted by Gasteiger charge is -2.13. The van der Waals surface area contributed by atoms with Crippen LogP contribution in [-0.4, -0.2) is 25.9 Å². The van der Waals surface area contributed by atoms with Gasteiger partial charge in [-0.05, 0) is 23.7 Å². The Morgan fingerprint density at radius 3 is 2.79 bits per heavy atom. The van der Waals surface area contributed by atoms with Crippen LogP contribution in [0.5, 0.6) is 5.75 Å². The van der Waals surface area contributed by atoms with Gasteiger partial charge in [-0.2, -0.15) is 0 Å². The van der Waals surface area contributed by atoms with Crippen LogP contribution in [0.15, 0.2) is 24.3 Å². The van der Waals surface area contributed by atoms with Crippen LogP contribution in [0.4, 0.5) is 5.69 Å². The van der Waals surface area contributed by atoms with Crippen LogP contribution in [-0.2, 0) is 4.79 Å². The summed E-state index contributed by atoms with van der Waals surface area (Å²) in [5.74, 6) is 0.644. The number of carbonyl (C=O) groups excluding carboxylic acids is 1. The second-order valence-electron chi connectivity index (χ2n) is 3.04. The molecule has 0 aliphatic rings. The number of hydrogen-bond donors (Lipinski definition) is 0. The monoisotopic (exact) mass is 213 g/mol. The van der Waals surface area contributed by atoms with Crippen molar-refractivity contribution in [2.24, 2.45) is 0 Å². The Balaban J connectivity index is 2.68. The molecule has 0 N–H and O–H groups in total. The van der Waals surface area contributed by atoms with Crippen molar-refractivity contribution in [2.75, 3.05) is 25.6 Å². The molecule has 0 saturated heterocycles. The Morgan fingerprint density at radius 2 is 2.21 bits per heavy atom. The number of nitrogens with zero attached hydrogens (tertiary/aromatic N) is 1. The maximum atomic E-state index is 10.5. The molecule has 0 amide bonds. The Labute approximate surface area is 88.2 Å². The first kappa shape index (κ1) is 10.9. The van der Waals surface area contributed by atoms with Gasteiger partial charge in [0.1, 0.15) is 5.75 Å². The van der Waals surface area contributed by atoms with Crippen molar-refractivity contribution in [2.45, 2.75) is 0 Å². The summed E-state index contributed by atoms with van der Waals surface area (Å²) < 4.78 is 5.15. The van der Waals surface area contributed by atoms with Gasteiger partial charge in [-0.25, -0.2) is 0 Å². The van der Waals surface area contributed by atoms with Crippen molar-refractivity contribution in [3.05, 3.63) is 24.3 Å². The summed E-state index contributed by atoms with van der Waals surface area (Å²) in [5, 5.41) is -0.500. The molecule has 0 unspecified atom stereocenters. The zero-order valence-corrected chi connectivity index (χ0v) is 8.91. The molecule has 14 heavy (non-hydrogen) atoms. The third-order valence-electron chi connectivity index (χ3n) is 1.69. The van der Waals surface area contributed by atoms with Crippen LogP contribution in [0, 0.1) is 0 Å². The number of anilines is 1. The summed E-state index contributed by atoms with van der Waals surface area (Å²) in [4.78, 5) is 12.4. The van der Waals surface area contributed by atoms with Gasteiger partial charge in [-0.15, -0.1) is 0 Å². The van der Waals surface area contributed by atoms with E-state index in [9.17, 15) is 4.79 Å². The van der Waals surface area contributed by atoms with Crippen molar-refractivity contribution >= 4 is 22.5 Å². The maximum absolute atomic E-state index is 10.5. The predicted octanol–water partition coefficient (Wildman–Crippen LogP) is 1.90. The van der Waals surface area contributed by atoms with E-state index in [1.165, 1.54) is 0 Å². The molecular weight excluding hydrogens is 202 g/mol. The topological polar surface area (TPSA) is 29.5 Å². The number of hydrogen-bond acceptors (Lipinski definition) is 3. The van der Waals surface area contributed by atoms with Gasteiger partial charge < -0.3 is 9.64 Å². The largest absolute Gasteiger partial charge is 0.484 e. The summed E-state index contributed by atoms with van der Waals surface area (Å²) >= 11 is 5.16. The second kappa shape index (κ2) is 4.86. The van der Waals surface area contributed by atoms with E-state index in [0.717, 1.165) is 5.69 Å². The quantitative estimate of drug-likeness (QED) is 0.716. The molecular formula is C10H12ClNO2. The molecule has 76 valence electrons. The second-order valence-corrected chi connectivity index (χ2v) is 3.46. The zero-order valence-electron chi connectivity index (χ0n) is 8.16. The molecule has 0 aliphatic heterocycles. The molecule has 0 atom stereocenters. The smallest absolute Gasteiger partial charge is 0.259 e. The Kier molecular flexibility index (Phi) is 3.77. The molecule has 0 aliphatic carbocycles. The van der Waals surface area contributed by atoms with E-state index in [4.69, 9.17) is 16.3 Å². The molecule has 0 heterocycles. The van der Waals surface area contributed by atoms with Crippen LogP contribution < -0.4 is 9.64 Å². The summed E-state index contributed by atoms with van der Waals surface area (Å²) in [7, 11) is 3.87. The predicted molar refractivity (Wildman–Crippen MR) is 57.1 cm³/mol. The van der Waals surface area contributed by atoms with Crippen molar-refractivity contribution in [1.82, 2.24) is 0 Å². The number of halogens is 1. The molecule has 0 fully saturated rings. The first-order valence-corrected chi connectivity index (χ1v) is 4.56.